The Kier molecular flexibility index (Phi) is 17.8. The Hall–Kier alpha value is -0.870. The van der Waals surface area contributed by atoms with Crippen molar-refractivity contribution in [1.82, 2.24) is 10.2 Å². The Morgan fingerprint density at radius 1 is 0.958 bits per heavy atom. The minimum atomic E-state index is 0.0324. The van der Waals surface area contributed by atoms with E-state index in [1.54, 1.807) is 6.08 Å². The van der Waals surface area contributed by atoms with Crippen molar-refractivity contribution < 1.29 is 9.90 Å². The third-order valence-electron chi connectivity index (χ3n) is 4.30. The zero-order valence-corrected chi connectivity index (χ0v) is 16.1. The number of aliphatic hydroxyl groups is 1. The number of rotatable bonds is 17. The van der Waals surface area contributed by atoms with E-state index in [-0.39, 0.29) is 5.91 Å². The number of hydrogen-bond acceptors (Lipinski definition) is 3. The van der Waals surface area contributed by atoms with Crippen LogP contribution < -0.4 is 5.32 Å². The van der Waals surface area contributed by atoms with E-state index in [0.29, 0.717) is 6.61 Å². The van der Waals surface area contributed by atoms with E-state index in [9.17, 15) is 4.79 Å². The van der Waals surface area contributed by atoms with Crippen molar-refractivity contribution in [2.75, 3.05) is 32.8 Å². The average Bonchev–Trinajstić information content (AvgIpc) is 2.59. The summed E-state index contributed by atoms with van der Waals surface area (Å²) in [6.07, 6.45) is 15.4. The van der Waals surface area contributed by atoms with Crippen molar-refractivity contribution in [2.45, 2.75) is 78.1 Å². The number of likely N-dealkylation sites (N-methyl/N-ethyl adjacent to an activating group) is 1. The number of unbranched alkanes of at least 4 members (excludes halogenated alkanes) is 8. The van der Waals surface area contributed by atoms with Gasteiger partial charge in [-0.2, -0.15) is 0 Å². The summed E-state index contributed by atoms with van der Waals surface area (Å²) in [5.41, 5.74) is 0. The molecule has 0 aromatic carbocycles. The maximum absolute atomic E-state index is 11.7. The van der Waals surface area contributed by atoms with E-state index in [1.165, 1.54) is 38.5 Å². The van der Waals surface area contributed by atoms with Crippen LogP contribution in [-0.2, 0) is 4.79 Å². The second kappa shape index (κ2) is 18.5. The molecule has 0 saturated heterocycles. The van der Waals surface area contributed by atoms with E-state index >= 15 is 0 Å². The Bertz CT molecular complexity index is 306. The van der Waals surface area contributed by atoms with Crippen LogP contribution in [0, 0.1) is 0 Å². The Balaban J connectivity index is 3.55. The van der Waals surface area contributed by atoms with Crippen molar-refractivity contribution >= 4 is 5.91 Å². The first-order valence-corrected chi connectivity index (χ1v) is 10.0. The summed E-state index contributed by atoms with van der Waals surface area (Å²) >= 11 is 0. The smallest absolute Gasteiger partial charge is 0.243 e. The van der Waals surface area contributed by atoms with Gasteiger partial charge in [-0.05, 0) is 38.4 Å². The quantitative estimate of drug-likeness (QED) is 0.312. The largest absolute Gasteiger partial charge is 0.396 e. The number of amides is 1. The highest BCUT2D eigenvalue weighted by molar-refractivity contribution is 5.87. The number of hydrogen-bond donors (Lipinski definition) is 2. The molecule has 0 spiro atoms. The number of nitrogens with one attached hydrogen (secondary N) is 1. The number of carbonyl (C=O) groups excluding carboxylic acids is 1. The molecule has 0 saturated carbocycles. The van der Waals surface area contributed by atoms with Crippen LogP contribution in [0.1, 0.15) is 78.1 Å². The minimum Gasteiger partial charge on any atom is -0.396 e. The van der Waals surface area contributed by atoms with Gasteiger partial charge in [-0.3, -0.25) is 4.79 Å². The normalized spacial score (nSPS) is 11.5. The first-order chi connectivity index (χ1) is 11.7. The molecule has 0 radical (unpaired) electrons. The Morgan fingerprint density at radius 2 is 1.62 bits per heavy atom. The van der Waals surface area contributed by atoms with Gasteiger partial charge < -0.3 is 15.3 Å². The third-order valence-corrected chi connectivity index (χ3v) is 4.30. The zero-order valence-electron chi connectivity index (χ0n) is 16.1. The fourth-order valence-corrected chi connectivity index (χ4v) is 2.67. The summed E-state index contributed by atoms with van der Waals surface area (Å²) in [6, 6.07) is 0. The standard InChI is InChI=1S/C20H40N2O2/c1-3-5-6-12-15-20(24)21-16-18-22(4-2)17-13-10-8-7-9-11-14-19-23/h12,15,23H,3-11,13-14,16-19H2,1-2H3,(H,21,24)/b15-12+. The molecule has 24 heavy (non-hydrogen) atoms. The number of allylic oxidation sites excluding steroid dienone is 1. The lowest BCUT2D eigenvalue weighted by Crippen LogP contribution is -2.34. The maximum atomic E-state index is 11.7. The van der Waals surface area contributed by atoms with Crippen molar-refractivity contribution in [3.8, 4) is 0 Å². The summed E-state index contributed by atoms with van der Waals surface area (Å²) < 4.78 is 0. The summed E-state index contributed by atoms with van der Waals surface area (Å²) in [5.74, 6) is 0.0324. The van der Waals surface area contributed by atoms with E-state index < -0.39 is 0 Å². The molecule has 0 heterocycles. The van der Waals surface area contributed by atoms with E-state index in [4.69, 9.17) is 5.11 Å². The molecule has 0 aliphatic heterocycles. The van der Waals surface area contributed by atoms with Gasteiger partial charge in [0.25, 0.3) is 0 Å². The molecule has 0 bridgehead atoms. The molecule has 0 unspecified atom stereocenters. The first kappa shape index (κ1) is 23.1. The molecule has 0 aromatic rings. The first-order valence-electron chi connectivity index (χ1n) is 10.0. The van der Waals surface area contributed by atoms with Gasteiger partial charge in [-0.1, -0.05) is 64.9 Å². The fraction of sp³-hybridized carbons (Fsp3) is 0.850. The van der Waals surface area contributed by atoms with Gasteiger partial charge in [-0.15, -0.1) is 0 Å². The number of nitrogens with zero attached hydrogens (tertiary/aromatic N) is 1. The lowest BCUT2D eigenvalue weighted by molar-refractivity contribution is -0.116. The van der Waals surface area contributed by atoms with Gasteiger partial charge in [0.05, 0.1) is 0 Å². The van der Waals surface area contributed by atoms with Gasteiger partial charge in [0.1, 0.15) is 0 Å². The number of carbonyl (C=O) groups is 1. The molecule has 0 aromatic heterocycles. The van der Waals surface area contributed by atoms with Crippen LogP contribution in [0.4, 0.5) is 0 Å². The highest BCUT2D eigenvalue weighted by Gasteiger charge is 2.03. The lowest BCUT2D eigenvalue weighted by Gasteiger charge is -2.20. The van der Waals surface area contributed by atoms with Crippen LogP contribution >= 0.6 is 0 Å². The van der Waals surface area contributed by atoms with Crippen LogP contribution in [0.25, 0.3) is 0 Å². The molecular formula is C20H40N2O2. The lowest BCUT2D eigenvalue weighted by atomic mass is 10.1. The second-order valence-corrected chi connectivity index (χ2v) is 6.47. The minimum absolute atomic E-state index is 0.0324. The van der Waals surface area contributed by atoms with Crippen molar-refractivity contribution in [3.05, 3.63) is 12.2 Å². The van der Waals surface area contributed by atoms with E-state index in [0.717, 1.165) is 51.9 Å². The average molecular weight is 341 g/mol. The van der Waals surface area contributed by atoms with Gasteiger partial charge in [0.2, 0.25) is 5.91 Å². The molecule has 0 rings (SSSR count). The van der Waals surface area contributed by atoms with Gasteiger partial charge in [0.15, 0.2) is 0 Å². The van der Waals surface area contributed by atoms with E-state index in [1.807, 2.05) is 6.08 Å². The van der Waals surface area contributed by atoms with Crippen LogP contribution in [0.15, 0.2) is 12.2 Å². The van der Waals surface area contributed by atoms with Crippen molar-refractivity contribution in [1.29, 1.82) is 0 Å². The molecule has 0 aliphatic rings. The highest BCUT2D eigenvalue weighted by atomic mass is 16.2. The molecule has 4 heteroatoms. The van der Waals surface area contributed by atoms with Crippen LogP contribution in [0.5, 0.6) is 0 Å². The Labute approximate surface area is 149 Å². The summed E-state index contributed by atoms with van der Waals surface area (Å²) in [6.45, 7) is 8.49. The molecule has 142 valence electrons. The molecule has 0 aliphatic carbocycles. The zero-order chi connectivity index (χ0) is 17.9. The monoisotopic (exact) mass is 340 g/mol. The number of aliphatic hydroxyl groups excluding tert-OH is 1. The summed E-state index contributed by atoms with van der Waals surface area (Å²) in [7, 11) is 0. The summed E-state index contributed by atoms with van der Waals surface area (Å²) in [5, 5.41) is 11.7. The fourth-order valence-electron chi connectivity index (χ4n) is 2.67. The van der Waals surface area contributed by atoms with Crippen LogP contribution in [0.3, 0.4) is 0 Å². The topological polar surface area (TPSA) is 52.6 Å². The van der Waals surface area contributed by atoms with Gasteiger partial charge in [-0.25, -0.2) is 0 Å². The van der Waals surface area contributed by atoms with Crippen LogP contribution in [0.2, 0.25) is 0 Å². The summed E-state index contributed by atoms with van der Waals surface area (Å²) in [4.78, 5) is 14.1. The second-order valence-electron chi connectivity index (χ2n) is 6.47. The molecule has 4 nitrogen and oxygen atoms in total. The Morgan fingerprint density at radius 3 is 2.25 bits per heavy atom. The highest BCUT2D eigenvalue weighted by Crippen LogP contribution is 2.07. The third kappa shape index (κ3) is 16.0. The molecule has 0 atom stereocenters. The van der Waals surface area contributed by atoms with Gasteiger partial charge >= 0.3 is 0 Å². The SMILES string of the molecule is CCCC/C=C/C(=O)NCCN(CC)CCCCCCCCCO. The van der Waals surface area contributed by atoms with Crippen molar-refractivity contribution in [2.24, 2.45) is 0 Å². The maximum Gasteiger partial charge on any atom is 0.243 e. The van der Waals surface area contributed by atoms with Crippen LogP contribution in [-0.4, -0.2) is 48.7 Å². The predicted molar refractivity (Wildman–Crippen MR) is 103 cm³/mol. The van der Waals surface area contributed by atoms with Crippen molar-refractivity contribution in [3.63, 3.8) is 0 Å². The molecule has 2 N–H and O–H groups in total. The predicted octanol–water partition coefficient (Wildman–Crippen LogP) is 3.89. The van der Waals surface area contributed by atoms with Gasteiger partial charge in [0, 0.05) is 19.7 Å². The molecule has 0 fully saturated rings. The molecular weight excluding hydrogens is 300 g/mol. The molecule has 1 amide bonds. The van der Waals surface area contributed by atoms with E-state index in [2.05, 4.69) is 24.1 Å².